The Morgan fingerprint density at radius 1 is 1.56 bits per heavy atom. The lowest BCUT2D eigenvalue weighted by atomic mass is 10.1. The van der Waals surface area contributed by atoms with Gasteiger partial charge >= 0.3 is 6.03 Å². The Bertz CT molecular complexity index is 446. The Labute approximate surface area is 110 Å². The molecule has 18 heavy (non-hydrogen) atoms. The van der Waals surface area contributed by atoms with Gasteiger partial charge in [0.25, 0.3) is 0 Å². The summed E-state index contributed by atoms with van der Waals surface area (Å²) in [6.07, 6.45) is 0. The van der Waals surface area contributed by atoms with E-state index in [-0.39, 0.29) is 12.2 Å². The highest BCUT2D eigenvalue weighted by Crippen LogP contribution is 2.20. The van der Waals surface area contributed by atoms with E-state index in [0.717, 1.165) is 0 Å². The Hall–Kier alpha value is -1.33. The second-order valence-corrected chi connectivity index (χ2v) is 5.16. The number of halogens is 2. The summed E-state index contributed by atoms with van der Waals surface area (Å²) >= 11 is 5.71. The Morgan fingerprint density at radius 3 is 2.72 bits per heavy atom. The van der Waals surface area contributed by atoms with Gasteiger partial charge in [-0.2, -0.15) is 0 Å². The summed E-state index contributed by atoms with van der Waals surface area (Å²) in [4.78, 5) is 13.0. The van der Waals surface area contributed by atoms with Gasteiger partial charge in [-0.3, -0.25) is 0 Å². The van der Waals surface area contributed by atoms with E-state index >= 15 is 0 Å². The molecule has 0 atom stereocenters. The smallest absolute Gasteiger partial charge is 0.321 e. The van der Waals surface area contributed by atoms with Gasteiger partial charge in [-0.15, -0.1) is 0 Å². The number of likely N-dealkylation sites (N-methyl/N-ethyl adjacent to an activating group) is 1. The minimum Gasteiger partial charge on any atom is -0.389 e. The van der Waals surface area contributed by atoms with Crippen LogP contribution in [-0.4, -0.2) is 35.2 Å². The predicted molar refractivity (Wildman–Crippen MR) is 69.4 cm³/mol. The number of rotatable bonds is 3. The van der Waals surface area contributed by atoms with Gasteiger partial charge in [0.05, 0.1) is 17.8 Å². The summed E-state index contributed by atoms with van der Waals surface area (Å²) in [5.74, 6) is -0.565. The zero-order chi connectivity index (χ0) is 13.9. The maximum absolute atomic E-state index is 13.4. The normalized spacial score (nSPS) is 11.2. The Balaban J connectivity index is 2.72. The number of nitrogens with zero attached hydrogens (tertiary/aromatic N) is 1. The number of carbonyl (C=O) groups is 1. The van der Waals surface area contributed by atoms with Crippen molar-refractivity contribution in [3.63, 3.8) is 0 Å². The van der Waals surface area contributed by atoms with Crippen LogP contribution in [0.15, 0.2) is 18.2 Å². The van der Waals surface area contributed by atoms with E-state index in [1.54, 1.807) is 13.8 Å². The van der Waals surface area contributed by atoms with Gasteiger partial charge in [0, 0.05) is 12.1 Å². The standard InChI is InChI=1S/C12H16ClFN2O2/c1-12(2,18)7-16(3)11(17)15-10-6-8(13)4-5-9(10)14/h4-6,18H,7H2,1-3H3,(H,15,17). The lowest BCUT2D eigenvalue weighted by Crippen LogP contribution is -2.41. The van der Waals surface area contributed by atoms with Crippen molar-refractivity contribution in [2.45, 2.75) is 19.4 Å². The van der Waals surface area contributed by atoms with Crippen molar-refractivity contribution >= 4 is 23.3 Å². The van der Waals surface area contributed by atoms with Crippen molar-refractivity contribution in [3.05, 3.63) is 29.0 Å². The van der Waals surface area contributed by atoms with Crippen LogP contribution in [-0.2, 0) is 0 Å². The highest BCUT2D eigenvalue weighted by molar-refractivity contribution is 6.30. The summed E-state index contributed by atoms with van der Waals surface area (Å²) < 4.78 is 13.4. The number of hydrogen-bond acceptors (Lipinski definition) is 2. The van der Waals surface area contributed by atoms with Crippen LogP contribution in [0.1, 0.15) is 13.8 Å². The van der Waals surface area contributed by atoms with Crippen LogP contribution in [0.25, 0.3) is 0 Å². The van der Waals surface area contributed by atoms with Gasteiger partial charge in [-0.05, 0) is 32.0 Å². The molecule has 100 valence electrons. The molecule has 0 aliphatic rings. The van der Waals surface area contributed by atoms with Gasteiger partial charge in [0.2, 0.25) is 0 Å². The van der Waals surface area contributed by atoms with Crippen molar-refractivity contribution in [1.29, 1.82) is 0 Å². The molecule has 1 aromatic rings. The summed E-state index contributed by atoms with van der Waals surface area (Å²) in [6.45, 7) is 3.29. The number of nitrogens with one attached hydrogen (secondary N) is 1. The molecule has 0 saturated heterocycles. The molecule has 1 aromatic carbocycles. The molecule has 0 bridgehead atoms. The molecule has 0 aromatic heterocycles. The summed E-state index contributed by atoms with van der Waals surface area (Å²) in [6, 6.07) is 3.38. The zero-order valence-electron chi connectivity index (χ0n) is 10.5. The molecule has 0 aliphatic carbocycles. The third kappa shape index (κ3) is 4.50. The summed E-state index contributed by atoms with van der Waals surface area (Å²) in [5, 5.41) is 12.3. The lowest BCUT2D eigenvalue weighted by Gasteiger charge is -2.25. The van der Waals surface area contributed by atoms with Crippen LogP contribution >= 0.6 is 11.6 Å². The zero-order valence-corrected chi connectivity index (χ0v) is 11.3. The SMILES string of the molecule is CN(CC(C)(C)O)C(=O)Nc1cc(Cl)ccc1F. The van der Waals surface area contributed by atoms with Crippen molar-refractivity contribution in [2.24, 2.45) is 0 Å². The first-order valence-electron chi connectivity index (χ1n) is 5.38. The van der Waals surface area contributed by atoms with Gasteiger partial charge in [-0.25, -0.2) is 9.18 Å². The van der Waals surface area contributed by atoms with E-state index in [9.17, 15) is 14.3 Å². The number of anilines is 1. The first-order valence-corrected chi connectivity index (χ1v) is 5.76. The molecular weight excluding hydrogens is 259 g/mol. The number of hydrogen-bond donors (Lipinski definition) is 2. The van der Waals surface area contributed by atoms with Gasteiger partial charge in [-0.1, -0.05) is 11.6 Å². The van der Waals surface area contributed by atoms with E-state index < -0.39 is 17.4 Å². The lowest BCUT2D eigenvalue weighted by molar-refractivity contribution is 0.0550. The molecule has 4 nitrogen and oxygen atoms in total. The topological polar surface area (TPSA) is 52.6 Å². The van der Waals surface area contributed by atoms with Crippen LogP contribution < -0.4 is 5.32 Å². The van der Waals surface area contributed by atoms with E-state index in [1.807, 2.05) is 0 Å². The number of urea groups is 1. The van der Waals surface area contributed by atoms with Crippen LogP contribution in [0.2, 0.25) is 5.02 Å². The average Bonchev–Trinajstić information content (AvgIpc) is 2.21. The molecule has 0 unspecified atom stereocenters. The fraction of sp³-hybridized carbons (Fsp3) is 0.417. The number of amides is 2. The average molecular weight is 275 g/mol. The van der Waals surface area contributed by atoms with Crippen molar-refractivity contribution in [2.75, 3.05) is 18.9 Å². The molecule has 0 spiro atoms. The molecule has 0 heterocycles. The number of benzene rings is 1. The summed E-state index contributed by atoms with van der Waals surface area (Å²) in [5.41, 5.74) is -1.01. The third-order valence-electron chi connectivity index (χ3n) is 2.14. The molecule has 0 aliphatic heterocycles. The first-order chi connectivity index (χ1) is 8.19. The van der Waals surface area contributed by atoms with Gasteiger partial charge in [0.15, 0.2) is 0 Å². The maximum atomic E-state index is 13.4. The van der Waals surface area contributed by atoms with Crippen molar-refractivity contribution < 1.29 is 14.3 Å². The molecular formula is C12H16ClFN2O2. The second-order valence-electron chi connectivity index (χ2n) is 4.72. The molecule has 6 heteroatoms. The number of carbonyl (C=O) groups excluding carboxylic acids is 1. The highest BCUT2D eigenvalue weighted by Gasteiger charge is 2.20. The predicted octanol–water partition coefficient (Wildman–Crippen LogP) is 2.71. The first kappa shape index (κ1) is 14.7. The molecule has 0 fully saturated rings. The fourth-order valence-electron chi connectivity index (χ4n) is 1.46. The van der Waals surface area contributed by atoms with Gasteiger partial charge < -0.3 is 15.3 Å². The quantitative estimate of drug-likeness (QED) is 0.890. The van der Waals surface area contributed by atoms with Gasteiger partial charge in [0.1, 0.15) is 5.82 Å². The van der Waals surface area contributed by atoms with Crippen LogP contribution in [0.4, 0.5) is 14.9 Å². The van der Waals surface area contributed by atoms with Crippen LogP contribution in [0.5, 0.6) is 0 Å². The van der Waals surface area contributed by atoms with Crippen molar-refractivity contribution in [1.82, 2.24) is 4.90 Å². The van der Waals surface area contributed by atoms with E-state index in [0.29, 0.717) is 5.02 Å². The van der Waals surface area contributed by atoms with Crippen LogP contribution in [0.3, 0.4) is 0 Å². The molecule has 0 radical (unpaired) electrons. The highest BCUT2D eigenvalue weighted by atomic mass is 35.5. The van der Waals surface area contributed by atoms with Crippen LogP contribution in [0, 0.1) is 5.82 Å². The van der Waals surface area contributed by atoms with Crippen molar-refractivity contribution in [3.8, 4) is 0 Å². The maximum Gasteiger partial charge on any atom is 0.321 e. The largest absolute Gasteiger partial charge is 0.389 e. The number of aliphatic hydroxyl groups is 1. The fourth-order valence-corrected chi connectivity index (χ4v) is 1.63. The van der Waals surface area contributed by atoms with E-state index in [4.69, 9.17) is 11.6 Å². The molecule has 2 amide bonds. The minimum atomic E-state index is -1.01. The third-order valence-corrected chi connectivity index (χ3v) is 2.38. The molecule has 2 N–H and O–H groups in total. The Kier molecular flexibility index (Phi) is 4.53. The molecule has 0 saturated carbocycles. The minimum absolute atomic E-state index is 0.00935. The van der Waals surface area contributed by atoms with E-state index in [1.165, 1.54) is 30.1 Å². The van der Waals surface area contributed by atoms with E-state index in [2.05, 4.69) is 5.32 Å². The molecule has 1 rings (SSSR count). The monoisotopic (exact) mass is 274 g/mol. The Morgan fingerprint density at radius 2 is 2.17 bits per heavy atom. The summed E-state index contributed by atoms with van der Waals surface area (Å²) in [7, 11) is 1.51. The second kappa shape index (κ2) is 5.54.